The summed E-state index contributed by atoms with van der Waals surface area (Å²) in [5.74, 6) is 0.537. The van der Waals surface area contributed by atoms with Gasteiger partial charge in [0, 0.05) is 23.4 Å². The number of aromatic nitrogens is 1. The standard InChI is InChI=1S/C13H10Cl2N2O/c1-16-9-5-10(14)13(11(15)6-9)8-3-4-12(18-2)17-7-8/h3-7H,1H2,2H3. The van der Waals surface area contributed by atoms with E-state index < -0.39 is 0 Å². The molecule has 5 heteroatoms. The maximum absolute atomic E-state index is 6.19. The Hall–Kier alpha value is -1.58. The Kier molecular flexibility index (Phi) is 3.84. The van der Waals surface area contributed by atoms with E-state index in [0.29, 0.717) is 21.6 Å². The van der Waals surface area contributed by atoms with E-state index in [1.807, 2.05) is 6.07 Å². The van der Waals surface area contributed by atoms with Gasteiger partial charge in [0.1, 0.15) is 0 Å². The molecule has 0 N–H and O–H groups in total. The average molecular weight is 281 g/mol. The monoisotopic (exact) mass is 280 g/mol. The molecule has 0 aliphatic rings. The molecule has 18 heavy (non-hydrogen) atoms. The van der Waals surface area contributed by atoms with Gasteiger partial charge in [-0.25, -0.2) is 4.98 Å². The van der Waals surface area contributed by atoms with Crippen LogP contribution < -0.4 is 4.74 Å². The van der Waals surface area contributed by atoms with E-state index >= 15 is 0 Å². The Morgan fingerprint density at radius 2 is 1.89 bits per heavy atom. The molecule has 1 aromatic heterocycles. The van der Waals surface area contributed by atoms with E-state index in [1.54, 1.807) is 31.5 Å². The van der Waals surface area contributed by atoms with Crippen molar-refractivity contribution in [3.8, 4) is 17.0 Å². The molecule has 0 saturated heterocycles. The number of pyridine rings is 1. The molecular formula is C13H10Cl2N2O. The fourth-order valence-electron chi connectivity index (χ4n) is 1.58. The van der Waals surface area contributed by atoms with Crippen molar-refractivity contribution >= 4 is 35.6 Å². The summed E-state index contributed by atoms with van der Waals surface area (Å²) in [6.07, 6.45) is 1.66. The highest BCUT2D eigenvalue weighted by Crippen LogP contribution is 2.37. The van der Waals surface area contributed by atoms with Gasteiger partial charge in [-0.15, -0.1) is 0 Å². The van der Waals surface area contributed by atoms with Crippen LogP contribution in [0.25, 0.3) is 11.1 Å². The highest BCUT2D eigenvalue weighted by molar-refractivity contribution is 6.39. The number of hydrogen-bond acceptors (Lipinski definition) is 3. The van der Waals surface area contributed by atoms with Gasteiger partial charge >= 0.3 is 0 Å². The third-order valence-electron chi connectivity index (χ3n) is 2.44. The Morgan fingerprint density at radius 1 is 1.22 bits per heavy atom. The second-order valence-electron chi connectivity index (χ2n) is 3.53. The maximum Gasteiger partial charge on any atom is 0.212 e. The lowest BCUT2D eigenvalue weighted by molar-refractivity contribution is 0.398. The lowest BCUT2D eigenvalue weighted by atomic mass is 10.1. The van der Waals surface area contributed by atoms with Gasteiger partial charge in [0.25, 0.3) is 0 Å². The Balaban J connectivity index is 2.52. The van der Waals surface area contributed by atoms with Gasteiger partial charge in [0.2, 0.25) is 5.88 Å². The van der Waals surface area contributed by atoms with Gasteiger partial charge in [-0.05, 0) is 24.9 Å². The molecule has 3 nitrogen and oxygen atoms in total. The summed E-state index contributed by atoms with van der Waals surface area (Å²) in [5, 5.41) is 1.02. The topological polar surface area (TPSA) is 34.5 Å². The Morgan fingerprint density at radius 3 is 2.33 bits per heavy atom. The minimum atomic E-state index is 0.511. The summed E-state index contributed by atoms with van der Waals surface area (Å²) in [5.41, 5.74) is 2.18. The van der Waals surface area contributed by atoms with Gasteiger partial charge < -0.3 is 4.74 Å². The zero-order valence-corrected chi connectivity index (χ0v) is 11.2. The molecule has 0 fully saturated rings. The van der Waals surface area contributed by atoms with E-state index in [-0.39, 0.29) is 0 Å². The van der Waals surface area contributed by atoms with Crippen LogP contribution in [0, 0.1) is 0 Å². The molecule has 2 aromatic rings. The van der Waals surface area contributed by atoms with Crippen LogP contribution >= 0.6 is 23.2 Å². The van der Waals surface area contributed by atoms with Gasteiger partial charge in [-0.2, -0.15) is 0 Å². The normalized spacial score (nSPS) is 10.2. The average Bonchev–Trinajstić information content (AvgIpc) is 2.38. The first-order valence-corrected chi connectivity index (χ1v) is 5.87. The van der Waals surface area contributed by atoms with Crippen LogP contribution in [0.1, 0.15) is 0 Å². The van der Waals surface area contributed by atoms with Crippen molar-refractivity contribution in [2.45, 2.75) is 0 Å². The van der Waals surface area contributed by atoms with Crippen LogP contribution in [0.3, 0.4) is 0 Å². The molecule has 1 heterocycles. The van der Waals surface area contributed by atoms with Crippen molar-refractivity contribution in [1.82, 2.24) is 4.98 Å². The Labute approximate surface area is 115 Å². The summed E-state index contributed by atoms with van der Waals surface area (Å²) in [6, 6.07) is 7.02. The molecule has 2 rings (SSSR count). The van der Waals surface area contributed by atoms with Crippen LogP contribution in [0.4, 0.5) is 5.69 Å². The third-order valence-corrected chi connectivity index (χ3v) is 3.04. The Bertz CT molecular complexity index is 559. The molecule has 92 valence electrons. The summed E-state index contributed by atoms with van der Waals surface area (Å²) >= 11 is 12.4. The van der Waals surface area contributed by atoms with E-state index in [0.717, 1.165) is 11.1 Å². The largest absolute Gasteiger partial charge is 0.481 e. The number of rotatable bonds is 3. The molecular weight excluding hydrogens is 271 g/mol. The van der Waals surface area contributed by atoms with E-state index in [4.69, 9.17) is 27.9 Å². The van der Waals surface area contributed by atoms with E-state index in [1.165, 1.54) is 0 Å². The van der Waals surface area contributed by atoms with E-state index in [9.17, 15) is 0 Å². The number of hydrogen-bond donors (Lipinski definition) is 0. The van der Waals surface area contributed by atoms with Crippen molar-refractivity contribution < 1.29 is 4.74 Å². The summed E-state index contributed by atoms with van der Waals surface area (Å²) < 4.78 is 5.00. The third kappa shape index (κ3) is 2.47. The minimum absolute atomic E-state index is 0.511. The first-order valence-electron chi connectivity index (χ1n) is 5.12. The fraction of sp³-hybridized carbons (Fsp3) is 0.0769. The van der Waals surface area contributed by atoms with Crippen LogP contribution in [-0.4, -0.2) is 18.8 Å². The van der Waals surface area contributed by atoms with Crippen LogP contribution in [-0.2, 0) is 0 Å². The summed E-state index contributed by atoms with van der Waals surface area (Å²) in [7, 11) is 1.56. The number of benzene rings is 1. The molecule has 1 aromatic carbocycles. The minimum Gasteiger partial charge on any atom is -0.481 e. The van der Waals surface area contributed by atoms with Crippen LogP contribution in [0.15, 0.2) is 35.5 Å². The molecule has 0 aliphatic heterocycles. The smallest absolute Gasteiger partial charge is 0.212 e. The second-order valence-corrected chi connectivity index (χ2v) is 4.35. The summed E-state index contributed by atoms with van der Waals surface area (Å²) in [6.45, 7) is 3.44. The number of nitrogens with zero attached hydrogens (tertiary/aromatic N) is 2. The maximum atomic E-state index is 6.19. The van der Waals surface area contributed by atoms with Gasteiger partial charge in [0.15, 0.2) is 0 Å². The zero-order valence-electron chi connectivity index (χ0n) is 9.65. The first-order chi connectivity index (χ1) is 8.65. The predicted octanol–water partition coefficient (Wildman–Crippen LogP) is 4.40. The van der Waals surface area contributed by atoms with Crippen molar-refractivity contribution in [2.24, 2.45) is 4.99 Å². The van der Waals surface area contributed by atoms with Crippen molar-refractivity contribution in [3.63, 3.8) is 0 Å². The highest BCUT2D eigenvalue weighted by atomic mass is 35.5. The van der Waals surface area contributed by atoms with Gasteiger partial charge in [-0.3, -0.25) is 4.99 Å². The molecule has 0 radical (unpaired) electrons. The molecule has 0 bridgehead atoms. The number of ether oxygens (including phenoxy) is 1. The molecule has 0 saturated carbocycles. The SMILES string of the molecule is C=Nc1cc(Cl)c(-c2ccc(OC)nc2)c(Cl)c1. The lowest BCUT2D eigenvalue weighted by Crippen LogP contribution is -1.88. The first kappa shape index (κ1) is 12.9. The summed E-state index contributed by atoms with van der Waals surface area (Å²) in [4.78, 5) is 7.92. The van der Waals surface area contributed by atoms with Crippen LogP contribution in [0.2, 0.25) is 10.0 Å². The van der Waals surface area contributed by atoms with Crippen molar-refractivity contribution in [2.75, 3.05) is 7.11 Å². The molecule has 0 unspecified atom stereocenters. The molecule has 0 atom stereocenters. The molecule has 0 aliphatic carbocycles. The predicted molar refractivity (Wildman–Crippen MR) is 75.5 cm³/mol. The fourth-order valence-corrected chi connectivity index (χ4v) is 2.27. The van der Waals surface area contributed by atoms with Crippen molar-refractivity contribution in [1.29, 1.82) is 0 Å². The highest BCUT2D eigenvalue weighted by Gasteiger charge is 2.10. The zero-order chi connectivity index (χ0) is 13.1. The van der Waals surface area contributed by atoms with Gasteiger partial charge in [-0.1, -0.05) is 23.2 Å². The number of halogens is 2. The number of methoxy groups -OCH3 is 1. The lowest BCUT2D eigenvalue weighted by Gasteiger charge is -2.08. The molecule has 0 amide bonds. The molecule has 0 spiro atoms. The second kappa shape index (κ2) is 5.38. The van der Waals surface area contributed by atoms with Gasteiger partial charge in [0.05, 0.1) is 22.8 Å². The van der Waals surface area contributed by atoms with E-state index in [2.05, 4.69) is 16.7 Å². The number of aliphatic imine (C=N–C) groups is 1. The van der Waals surface area contributed by atoms with Crippen molar-refractivity contribution in [3.05, 3.63) is 40.5 Å². The van der Waals surface area contributed by atoms with Crippen LogP contribution in [0.5, 0.6) is 5.88 Å². The quantitative estimate of drug-likeness (QED) is 0.781.